The van der Waals surface area contributed by atoms with Crippen molar-refractivity contribution in [3.63, 3.8) is 0 Å². The first-order chi connectivity index (χ1) is 5.34. The van der Waals surface area contributed by atoms with Gasteiger partial charge in [0.1, 0.15) is 0 Å². The first-order valence-electron chi connectivity index (χ1n) is 4.79. The van der Waals surface area contributed by atoms with Crippen molar-refractivity contribution in [3.05, 3.63) is 18.6 Å². The molecular formula is C11H19. The van der Waals surface area contributed by atoms with Crippen molar-refractivity contribution in [1.29, 1.82) is 0 Å². The Morgan fingerprint density at radius 2 is 2.27 bits per heavy atom. The topological polar surface area (TPSA) is 0 Å². The Kier molecular flexibility index (Phi) is 3.68. The molecule has 0 nitrogen and oxygen atoms in total. The summed E-state index contributed by atoms with van der Waals surface area (Å²) in [7, 11) is 0. The van der Waals surface area contributed by atoms with E-state index < -0.39 is 0 Å². The maximum absolute atomic E-state index is 2.36. The van der Waals surface area contributed by atoms with Gasteiger partial charge in [-0.2, -0.15) is 0 Å². The van der Waals surface area contributed by atoms with Crippen LogP contribution >= 0.6 is 0 Å². The third-order valence-electron chi connectivity index (χ3n) is 2.82. The molecule has 0 saturated heterocycles. The Bertz CT molecular complexity index is 124. The fraction of sp³-hybridized carbons (Fsp3) is 0.727. The predicted octanol–water partition coefficient (Wildman–Crippen LogP) is 3.59. The fourth-order valence-electron chi connectivity index (χ4n) is 1.75. The lowest BCUT2D eigenvalue weighted by molar-refractivity contribution is 0.374. The highest BCUT2D eigenvalue weighted by Gasteiger charge is 2.14. The molecule has 0 heteroatoms. The molecule has 0 aromatic carbocycles. The summed E-state index contributed by atoms with van der Waals surface area (Å²) in [4.78, 5) is 0. The van der Waals surface area contributed by atoms with E-state index in [0.29, 0.717) is 0 Å². The summed E-state index contributed by atoms with van der Waals surface area (Å²) in [6.07, 6.45) is 12.4. The quantitative estimate of drug-likeness (QED) is 0.529. The second-order valence-corrected chi connectivity index (χ2v) is 3.59. The third-order valence-corrected chi connectivity index (χ3v) is 2.82. The molecule has 11 heavy (non-hydrogen) atoms. The van der Waals surface area contributed by atoms with Gasteiger partial charge in [-0.1, -0.05) is 26.0 Å². The van der Waals surface area contributed by atoms with E-state index in [1.54, 1.807) is 0 Å². The summed E-state index contributed by atoms with van der Waals surface area (Å²) in [5.41, 5.74) is 0. The first kappa shape index (κ1) is 8.83. The van der Waals surface area contributed by atoms with Gasteiger partial charge in [-0.15, -0.1) is 0 Å². The van der Waals surface area contributed by atoms with Gasteiger partial charge in [0, 0.05) is 0 Å². The van der Waals surface area contributed by atoms with Crippen LogP contribution in [0.4, 0.5) is 0 Å². The minimum Gasteiger partial charge on any atom is -0.0885 e. The average Bonchev–Trinajstić information content (AvgIpc) is 2.30. The van der Waals surface area contributed by atoms with Gasteiger partial charge in [0.25, 0.3) is 0 Å². The van der Waals surface area contributed by atoms with Gasteiger partial charge in [0.2, 0.25) is 0 Å². The molecule has 0 heterocycles. The van der Waals surface area contributed by atoms with Gasteiger partial charge in [-0.3, -0.25) is 0 Å². The average molecular weight is 151 g/mol. The zero-order chi connectivity index (χ0) is 8.10. The minimum atomic E-state index is 0.803. The highest BCUT2D eigenvalue weighted by atomic mass is 14.2. The molecule has 1 aliphatic rings. The molecule has 1 aliphatic carbocycles. The number of hydrogen-bond donors (Lipinski definition) is 0. The summed E-state index contributed by atoms with van der Waals surface area (Å²) in [6.45, 7) is 4.52. The largest absolute Gasteiger partial charge is 0.0885 e. The monoisotopic (exact) mass is 151 g/mol. The Morgan fingerprint density at radius 1 is 1.45 bits per heavy atom. The lowest BCUT2D eigenvalue weighted by atomic mass is 9.86. The molecule has 0 N–H and O–H groups in total. The Hall–Kier alpha value is -0.260. The van der Waals surface area contributed by atoms with Crippen LogP contribution in [0.3, 0.4) is 0 Å². The van der Waals surface area contributed by atoms with Crippen molar-refractivity contribution in [2.75, 3.05) is 0 Å². The second kappa shape index (κ2) is 4.58. The van der Waals surface area contributed by atoms with Gasteiger partial charge < -0.3 is 0 Å². The van der Waals surface area contributed by atoms with E-state index in [2.05, 4.69) is 32.4 Å². The molecular weight excluding hydrogens is 132 g/mol. The van der Waals surface area contributed by atoms with E-state index in [9.17, 15) is 0 Å². The predicted molar refractivity (Wildman–Crippen MR) is 50.2 cm³/mol. The SMILES string of the molecule is C[CH]C(C)C1CC=CCCC1. The van der Waals surface area contributed by atoms with E-state index in [0.717, 1.165) is 11.8 Å². The zero-order valence-electron chi connectivity index (χ0n) is 7.72. The number of rotatable bonds is 2. The van der Waals surface area contributed by atoms with Crippen LogP contribution in [0, 0.1) is 18.3 Å². The molecule has 0 bridgehead atoms. The maximum atomic E-state index is 2.36. The smallest absolute Gasteiger partial charge is 0.0320 e. The lowest BCUT2D eigenvalue weighted by Gasteiger charge is -2.19. The van der Waals surface area contributed by atoms with Gasteiger partial charge in [0.15, 0.2) is 0 Å². The molecule has 0 saturated carbocycles. The zero-order valence-corrected chi connectivity index (χ0v) is 7.72. The van der Waals surface area contributed by atoms with E-state index in [4.69, 9.17) is 0 Å². The summed E-state index contributed by atoms with van der Waals surface area (Å²) < 4.78 is 0. The number of allylic oxidation sites excluding steroid dienone is 2. The molecule has 0 spiro atoms. The molecule has 1 radical (unpaired) electrons. The van der Waals surface area contributed by atoms with Crippen LogP contribution in [0.2, 0.25) is 0 Å². The molecule has 0 aromatic rings. The normalized spacial score (nSPS) is 28.0. The Labute approximate surface area is 70.7 Å². The Balaban J connectivity index is 2.37. The minimum absolute atomic E-state index is 0.803. The highest BCUT2D eigenvalue weighted by molar-refractivity contribution is 4.90. The van der Waals surface area contributed by atoms with Crippen LogP contribution in [0.5, 0.6) is 0 Å². The van der Waals surface area contributed by atoms with Gasteiger partial charge >= 0.3 is 0 Å². The van der Waals surface area contributed by atoms with Crippen LogP contribution in [-0.2, 0) is 0 Å². The molecule has 1 rings (SSSR count). The lowest BCUT2D eigenvalue weighted by Crippen LogP contribution is -2.09. The molecule has 0 aliphatic heterocycles. The van der Waals surface area contributed by atoms with Gasteiger partial charge in [0.05, 0.1) is 0 Å². The Morgan fingerprint density at radius 3 is 3.00 bits per heavy atom. The number of hydrogen-bond acceptors (Lipinski definition) is 0. The van der Waals surface area contributed by atoms with Crippen LogP contribution in [0.15, 0.2) is 12.2 Å². The third kappa shape index (κ3) is 2.69. The maximum Gasteiger partial charge on any atom is -0.0320 e. The van der Waals surface area contributed by atoms with Crippen LogP contribution in [0.25, 0.3) is 0 Å². The summed E-state index contributed by atoms with van der Waals surface area (Å²) in [5, 5.41) is 0. The van der Waals surface area contributed by atoms with E-state index in [1.807, 2.05) is 0 Å². The van der Waals surface area contributed by atoms with Gasteiger partial charge in [-0.25, -0.2) is 0 Å². The van der Waals surface area contributed by atoms with Crippen molar-refractivity contribution in [2.45, 2.75) is 39.5 Å². The second-order valence-electron chi connectivity index (χ2n) is 3.59. The van der Waals surface area contributed by atoms with E-state index in [1.165, 1.54) is 25.7 Å². The van der Waals surface area contributed by atoms with E-state index >= 15 is 0 Å². The summed E-state index contributed by atoms with van der Waals surface area (Å²) in [6, 6.07) is 0. The summed E-state index contributed by atoms with van der Waals surface area (Å²) in [5.74, 6) is 1.72. The van der Waals surface area contributed by atoms with Crippen molar-refractivity contribution < 1.29 is 0 Å². The molecule has 0 amide bonds. The van der Waals surface area contributed by atoms with Crippen molar-refractivity contribution in [1.82, 2.24) is 0 Å². The van der Waals surface area contributed by atoms with E-state index in [-0.39, 0.29) is 0 Å². The van der Waals surface area contributed by atoms with Gasteiger partial charge in [-0.05, 0) is 43.9 Å². The molecule has 0 fully saturated rings. The van der Waals surface area contributed by atoms with Crippen molar-refractivity contribution >= 4 is 0 Å². The van der Waals surface area contributed by atoms with Crippen LogP contribution < -0.4 is 0 Å². The molecule has 63 valence electrons. The van der Waals surface area contributed by atoms with Crippen molar-refractivity contribution in [3.8, 4) is 0 Å². The van der Waals surface area contributed by atoms with Crippen LogP contribution in [-0.4, -0.2) is 0 Å². The highest BCUT2D eigenvalue weighted by Crippen LogP contribution is 2.26. The summed E-state index contributed by atoms with van der Waals surface area (Å²) >= 11 is 0. The first-order valence-corrected chi connectivity index (χ1v) is 4.79. The molecule has 2 atom stereocenters. The van der Waals surface area contributed by atoms with Crippen LogP contribution in [0.1, 0.15) is 39.5 Å². The molecule has 0 aromatic heterocycles. The molecule has 2 unspecified atom stereocenters. The fourth-order valence-corrected chi connectivity index (χ4v) is 1.75. The van der Waals surface area contributed by atoms with Crippen molar-refractivity contribution in [2.24, 2.45) is 11.8 Å². The standard InChI is InChI=1S/C11H19/c1-3-10(2)11-8-6-4-5-7-9-11/h3-4,6,10-11H,5,7-9H2,1-2H3.